The standard InChI is InChI=1S/C16H25N7O2/c1-3-7-21-8-6-16(5-4-14(21)24)12-22(10-9-20(16)2)15(25)11-23-18-13-17-19-23/h3,13H,1,4-12H2,2H3. The van der Waals surface area contributed by atoms with Gasteiger partial charge < -0.3 is 9.80 Å². The first kappa shape index (κ1) is 17.5. The van der Waals surface area contributed by atoms with Gasteiger partial charge in [-0.1, -0.05) is 6.08 Å². The van der Waals surface area contributed by atoms with Gasteiger partial charge in [-0.2, -0.15) is 4.80 Å². The molecule has 2 aliphatic heterocycles. The number of piperazine rings is 1. The van der Waals surface area contributed by atoms with Crippen LogP contribution in [0, 0.1) is 0 Å². The molecular weight excluding hydrogens is 322 g/mol. The van der Waals surface area contributed by atoms with Gasteiger partial charge in [-0.3, -0.25) is 14.5 Å². The molecule has 2 amide bonds. The number of carbonyl (C=O) groups excluding carboxylic acids is 2. The van der Waals surface area contributed by atoms with Gasteiger partial charge in [0.2, 0.25) is 11.8 Å². The molecule has 9 nitrogen and oxygen atoms in total. The highest BCUT2D eigenvalue weighted by Crippen LogP contribution is 2.32. The van der Waals surface area contributed by atoms with Gasteiger partial charge in [0.05, 0.1) is 0 Å². The van der Waals surface area contributed by atoms with E-state index in [-0.39, 0.29) is 23.9 Å². The molecule has 3 rings (SSSR count). The van der Waals surface area contributed by atoms with Crippen molar-refractivity contribution >= 4 is 11.8 Å². The molecule has 0 saturated carbocycles. The van der Waals surface area contributed by atoms with Crippen LogP contribution in [-0.4, -0.2) is 92.0 Å². The zero-order chi connectivity index (χ0) is 17.9. The summed E-state index contributed by atoms with van der Waals surface area (Å²) in [6.07, 6.45) is 5.21. The minimum atomic E-state index is -0.157. The van der Waals surface area contributed by atoms with Gasteiger partial charge in [0.15, 0.2) is 6.33 Å². The van der Waals surface area contributed by atoms with Gasteiger partial charge in [0, 0.05) is 44.7 Å². The van der Waals surface area contributed by atoms with E-state index in [1.807, 2.05) is 9.80 Å². The summed E-state index contributed by atoms with van der Waals surface area (Å²) < 4.78 is 0. The normalized spacial score (nSPS) is 25.2. The molecule has 136 valence electrons. The number of carbonyl (C=O) groups is 2. The monoisotopic (exact) mass is 347 g/mol. The smallest absolute Gasteiger partial charge is 0.246 e. The van der Waals surface area contributed by atoms with Crippen molar-refractivity contribution in [2.75, 3.05) is 39.8 Å². The summed E-state index contributed by atoms with van der Waals surface area (Å²) in [6.45, 7) is 7.22. The SMILES string of the molecule is C=CCN1CCC2(CCC1=O)CN(C(=O)Cn1ncnn1)CCN2C. The number of nitrogens with zero attached hydrogens (tertiary/aromatic N) is 7. The van der Waals surface area contributed by atoms with Crippen molar-refractivity contribution in [1.82, 2.24) is 34.9 Å². The lowest BCUT2D eigenvalue weighted by atomic mass is 9.86. The lowest BCUT2D eigenvalue weighted by Crippen LogP contribution is -2.62. The molecule has 1 unspecified atom stereocenters. The second-order valence-electron chi connectivity index (χ2n) is 6.81. The van der Waals surface area contributed by atoms with Crippen molar-refractivity contribution < 1.29 is 9.59 Å². The number of hydrogen-bond acceptors (Lipinski definition) is 6. The Kier molecular flexibility index (Phi) is 5.12. The fourth-order valence-electron chi connectivity index (χ4n) is 3.74. The summed E-state index contributed by atoms with van der Waals surface area (Å²) in [6, 6.07) is 0. The Morgan fingerprint density at radius 2 is 2.20 bits per heavy atom. The first-order valence-electron chi connectivity index (χ1n) is 8.62. The molecular formula is C16H25N7O2. The van der Waals surface area contributed by atoms with E-state index in [4.69, 9.17) is 0 Å². The number of tetrazole rings is 1. The Bertz CT molecular complexity index is 632. The molecule has 0 radical (unpaired) electrons. The summed E-state index contributed by atoms with van der Waals surface area (Å²) in [7, 11) is 2.09. The minimum absolute atomic E-state index is 0.0102. The highest BCUT2D eigenvalue weighted by molar-refractivity contribution is 5.77. The van der Waals surface area contributed by atoms with Crippen LogP contribution in [0.25, 0.3) is 0 Å². The number of rotatable bonds is 4. The number of likely N-dealkylation sites (tertiary alicyclic amines) is 1. The van der Waals surface area contributed by atoms with Gasteiger partial charge in [0.25, 0.3) is 0 Å². The van der Waals surface area contributed by atoms with Crippen LogP contribution in [0.15, 0.2) is 19.0 Å². The van der Waals surface area contributed by atoms with Crippen LogP contribution in [0.4, 0.5) is 0 Å². The molecule has 2 saturated heterocycles. The van der Waals surface area contributed by atoms with E-state index < -0.39 is 0 Å². The molecule has 25 heavy (non-hydrogen) atoms. The Hall–Kier alpha value is -2.29. The van der Waals surface area contributed by atoms with E-state index >= 15 is 0 Å². The maximum absolute atomic E-state index is 12.6. The molecule has 2 fully saturated rings. The third-order valence-corrected chi connectivity index (χ3v) is 5.37. The largest absolute Gasteiger partial charge is 0.339 e. The summed E-state index contributed by atoms with van der Waals surface area (Å²) in [4.78, 5) is 32.3. The lowest BCUT2D eigenvalue weighted by molar-refractivity contribution is -0.138. The van der Waals surface area contributed by atoms with Crippen molar-refractivity contribution in [3.8, 4) is 0 Å². The van der Waals surface area contributed by atoms with Gasteiger partial charge in [0.1, 0.15) is 6.54 Å². The van der Waals surface area contributed by atoms with Gasteiger partial charge in [-0.25, -0.2) is 0 Å². The van der Waals surface area contributed by atoms with Crippen LogP contribution >= 0.6 is 0 Å². The molecule has 1 aromatic heterocycles. The van der Waals surface area contributed by atoms with Gasteiger partial charge >= 0.3 is 0 Å². The van der Waals surface area contributed by atoms with E-state index in [1.54, 1.807) is 6.08 Å². The van der Waals surface area contributed by atoms with E-state index in [0.29, 0.717) is 32.6 Å². The predicted molar refractivity (Wildman–Crippen MR) is 90.4 cm³/mol. The quantitative estimate of drug-likeness (QED) is 0.675. The van der Waals surface area contributed by atoms with Crippen LogP contribution < -0.4 is 0 Å². The number of amides is 2. The molecule has 1 atom stereocenters. The Labute approximate surface area is 147 Å². The minimum Gasteiger partial charge on any atom is -0.339 e. The highest BCUT2D eigenvalue weighted by Gasteiger charge is 2.43. The van der Waals surface area contributed by atoms with Crippen molar-refractivity contribution in [3.63, 3.8) is 0 Å². The summed E-state index contributed by atoms with van der Waals surface area (Å²) in [5, 5.41) is 11.3. The van der Waals surface area contributed by atoms with Crippen molar-refractivity contribution in [2.24, 2.45) is 0 Å². The van der Waals surface area contributed by atoms with Crippen molar-refractivity contribution in [2.45, 2.75) is 31.3 Å². The molecule has 0 bridgehead atoms. The highest BCUT2D eigenvalue weighted by atomic mass is 16.2. The molecule has 0 aliphatic carbocycles. The Balaban J connectivity index is 1.70. The Morgan fingerprint density at radius 1 is 1.36 bits per heavy atom. The van der Waals surface area contributed by atoms with Crippen LogP contribution in [0.3, 0.4) is 0 Å². The van der Waals surface area contributed by atoms with E-state index in [1.165, 1.54) is 11.1 Å². The fraction of sp³-hybridized carbons (Fsp3) is 0.688. The van der Waals surface area contributed by atoms with Gasteiger partial charge in [-0.15, -0.1) is 16.8 Å². The third-order valence-electron chi connectivity index (χ3n) is 5.37. The molecule has 0 N–H and O–H groups in total. The van der Waals surface area contributed by atoms with Crippen molar-refractivity contribution in [1.29, 1.82) is 0 Å². The second kappa shape index (κ2) is 7.30. The molecule has 0 aromatic carbocycles. The topological polar surface area (TPSA) is 87.5 Å². The maximum atomic E-state index is 12.6. The van der Waals surface area contributed by atoms with E-state index in [2.05, 4.69) is 33.9 Å². The summed E-state index contributed by atoms with van der Waals surface area (Å²) in [5.41, 5.74) is -0.157. The summed E-state index contributed by atoms with van der Waals surface area (Å²) in [5.74, 6) is 0.157. The maximum Gasteiger partial charge on any atom is 0.246 e. The zero-order valence-corrected chi connectivity index (χ0v) is 14.7. The van der Waals surface area contributed by atoms with Crippen LogP contribution in [0.2, 0.25) is 0 Å². The molecule has 9 heteroatoms. The first-order valence-corrected chi connectivity index (χ1v) is 8.62. The van der Waals surface area contributed by atoms with Crippen LogP contribution in [0.5, 0.6) is 0 Å². The van der Waals surface area contributed by atoms with Crippen LogP contribution in [-0.2, 0) is 16.1 Å². The molecule has 2 aliphatic rings. The lowest BCUT2D eigenvalue weighted by Gasteiger charge is -2.49. The average molecular weight is 347 g/mol. The third kappa shape index (κ3) is 3.71. The average Bonchev–Trinajstić information content (AvgIpc) is 3.06. The van der Waals surface area contributed by atoms with E-state index in [0.717, 1.165) is 19.4 Å². The molecule has 3 heterocycles. The predicted octanol–water partition coefficient (Wildman–Crippen LogP) is -0.616. The summed E-state index contributed by atoms with van der Waals surface area (Å²) >= 11 is 0. The number of aromatic nitrogens is 4. The van der Waals surface area contributed by atoms with Gasteiger partial charge in [-0.05, 0) is 25.1 Å². The first-order chi connectivity index (χ1) is 12.0. The molecule has 1 spiro atoms. The van der Waals surface area contributed by atoms with E-state index in [9.17, 15) is 9.59 Å². The molecule has 1 aromatic rings. The fourth-order valence-corrected chi connectivity index (χ4v) is 3.74. The Morgan fingerprint density at radius 3 is 2.92 bits per heavy atom. The second-order valence-corrected chi connectivity index (χ2v) is 6.81. The zero-order valence-electron chi connectivity index (χ0n) is 14.7. The van der Waals surface area contributed by atoms with Crippen molar-refractivity contribution in [3.05, 3.63) is 19.0 Å². The van der Waals surface area contributed by atoms with Crippen LogP contribution in [0.1, 0.15) is 19.3 Å². The number of hydrogen-bond donors (Lipinski definition) is 0. The number of likely N-dealkylation sites (N-methyl/N-ethyl adjacent to an activating group) is 1.